The van der Waals surface area contributed by atoms with E-state index < -0.39 is 0 Å². The Morgan fingerprint density at radius 2 is 2.15 bits per heavy atom. The van der Waals surface area contributed by atoms with Gasteiger partial charge in [-0.2, -0.15) is 4.98 Å². The number of carbonyl (C=O) groups excluding carboxylic acids is 1. The molecule has 0 radical (unpaired) electrons. The minimum absolute atomic E-state index is 0.320. The van der Waals surface area contributed by atoms with Crippen molar-refractivity contribution in [2.24, 2.45) is 11.6 Å². The Balaban J connectivity index is 2.16. The number of nitrogens with two attached hydrogens (primary N) is 2. The van der Waals surface area contributed by atoms with Crippen LogP contribution in [0.3, 0.4) is 0 Å². The summed E-state index contributed by atoms with van der Waals surface area (Å²) in [4.78, 5) is 22.2. The second-order valence-electron chi connectivity index (χ2n) is 4.79. The Bertz CT molecular complexity index is 658. The summed E-state index contributed by atoms with van der Waals surface area (Å²) in [6, 6.07) is 7.31. The van der Waals surface area contributed by atoms with Crippen molar-refractivity contribution in [3.8, 4) is 0 Å². The number of fused-ring (bicyclic) bond motifs is 1. The Labute approximate surface area is 115 Å². The summed E-state index contributed by atoms with van der Waals surface area (Å²) in [5, 5.41) is 0.889. The Morgan fingerprint density at radius 3 is 2.90 bits per heavy atom. The fraction of sp³-hybridized carbons (Fsp3) is 0.308. The lowest BCUT2D eigenvalue weighted by atomic mass is 10.2. The molecule has 1 aromatic carbocycles. The molecule has 5 N–H and O–H groups in total. The topological polar surface area (TPSA) is 110 Å². The second-order valence-corrected chi connectivity index (χ2v) is 4.79. The summed E-state index contributed by atoms with van der Waals surface area (Å²) in [6.45, 7) is 0.749. The van der Waals surface area contributed by atoms with E-state index in [1.165, 1.54) is 0 Å². The number of nitrogens with zero attached hydrogens (tertiary/aromatic N) is 3. The van der Waals surface area contributed by atoms with Gasteiger partial charge in [-0.05, 0) is 25.0 Å². The number of rotatable bonds is 3. The molecule has 1 aromatic heterocycles. The predicted octanol–water partition coefficient (Wildman–Crippen LogP) is 0.370. The predicted molar refractivity (Wildman–Crippen MR) is 76.9 cm³/mol. The highest BCUT2D eigenvalue weighted by atomic mass is 16.1. The third kappa shape index (κ3) is 2.01. The van der Waals surface area contributed by atoms with Crippen LogP contribution >= 0.6 is 0 Å². The molecule has 0 bridgehead atoms. The van der Waals surface area contributed by atoms with Crippen LogP contribution in [0.1, 0.15) is 12.8 Å². The first-order valence-electron chi connectivity index (χ1n) is 6.50. The molecule has 104 valence electrons. The maximum absolute atomic E-state index is 11.6. The Hall–Kier alpha value is -2.41. The molecule has 1 saturated heterocycles. The molecule has 1 aliphatic rings. The van der Waals surface area contributed by atoms with Gasteiger partial charge in [-0.3, -0.25) is 10.2 Å². The van der Waals surface area contributed by atoms with E-state index in [9.17, 15) is 4.79 Å². The minimum Gasteiger partial charge on any atom is -0.368 e. The third-order valence-electron chi connectivity index (χ3n) is 3.57. The van der Waals surface area contributed by atoms with E-state index in [0.29, 0.717) is 11.8 Å². The van der Waals surface area contributed by atoms with E-state index in [4.69, 9.17) is 11.6 Å². The highest BCUT2D eigenvalue weighted by molar-refractivity contribution is 5.93. The maximum Gasteiger partial charge on any atom is 0.240 e. The lowest BCUT2D eigenvalue weighted by Crippen LogP contribution is -2.41. The average Bonchev–Trinajstić information content (AvgIpc) is 2.95. The average molecular weight is 272 g/mol. The van der Waals surface area contributed by atoms with Crippen LogP contribution in [-0.2, 0) is 4.79 Å². The van der Waals surface area contributed by atoms with Crippen molar-refractivity contribution in [2.75, 3.05) is 16.9 Å². The maximum atomic E-state index is 11.6. The number of primary amides is 1. The first-order chi connectivity index (χ1) is 9.70. The van der Waals surface area contributed by atoms with Crippen LogP contribution in [0.5, 0.6) is 0 Å². The van der Waals surface area contributed by atoms with Crippen molar-refractivity contribution in [1.82, 2.24) is 9.97 Å². The van der Waals surface area contributed by atoms with Crippen molar-refractivity contribution in [3.63, 3.8) is 0 Å². The van der Waals surface area contributed by atoms with E-state index in [-0.39, 0.29) is 11.9 Å². The SMILES string of the molecule is NNc1nc(N2CCCC2C(N)=O)c2ccccc2n1. The molecule has 1 atom stereocenters. The Morgan fingerprint density at radius 1 is 1.35 bits per heavy atom. The number of benzene rings is 1. The molecule has 7 heteroatoms. The van der Waals surface area contributed by atoms with Crippen molar-refractivity contribution < 1.29 is 4.79 Å². The highest BCUT2D eigenvalue weighted by Gasteiger charge is 2.31. The molecule has 1 unspecified atom stereocenters. The van der Waals surface area contributed by atoms with E-state index in [0.717, 1.165) is 30.3 Å². The van der Waals surface area contributed by atoms with Crippen molar-refractivity contribution in [1.29, 1.82) is 0 Å². The van der Waals surface area contributed by atoms with Gasteiger partial charge in [0.1, 0.15) is 11.9 Å². The standard InChI is InChI=1S/C13H16N6O/c14-11(20)10-6-3-7-19(10)12-8-4-1-2-5-9(8)16-13(17-12)18-15/h1-2,4-5,10H,3,6-7,15H2,(H2,14,20)(H,16,17,18). The van der Waals surface area contributed by atoms with Crippen LogP contribution in [0.4, 0.5) is 11.8 Å². The molecule has 2 aromatic rings. The van der Waals surface area contributed by atoms with E-state index in [2.05, 4.69) is 15.4 Å². The van der Waals surface area contributed by atoms with Gasteiger partial charge in [0.05, 0.1) is 5.52 Å². The third-order valence-corrected chi connectivity index (χ3v) is 3.57. The molecule has 20 heavy (non-hydrogen) atoms. The minimum atomic E-state index is -0.326. The lowest BCUT2D eigenvalue weighted by molar-refractivity contribution is -0.119. The fourth-order valence-electron chi connectivity index (χ4n) is 2.66. The molecule has 1 fully saturated rings. The number of anilines is 2. The zero-order valence-corrected chi connectivity index (χ0v) is 10.9. The summed E-state index contributed by atoms with van der Waals surface area (Å²) in [6.07, 6.45) is 1.66. The van der Waals surface area contributed by atoms with Gasteiger partial charge in [0, 0.05) is 11.9 Å². The van der Waals surface area contributed by atoms with Crippen molar-refractivity contribution >= 4 is 28.6 Å². The number of para-hydroxylation sites is 1. The lowest BCUT2D eigenvalue weighted by Gasteiger charge is -2.24. The van der Waals surface area contributed by atoms with Gasteiger partial charge in [-0.1, -0.05) is 12.1 Å². The molecule has 3 rings (SSSR count). The molecule has 0 saturated carbocycles. The summed E-state index contributed by atoms with van der Waals surface area (Å²) < 4.78 is 0. The van der Waals surface area contributed by atoms with Crippen molar-refractivity contribution in [2.45, 2.75) is 18.9 Å². The van der Waals surface area contributed by atoms with Gasteiger partial charge < -0.3 is 10.6 Å². The quantitative estimate of drug-likeness (QED) is 0.550. The number of hydrazine groups is 1. The van der Waals surface area contributed by atoms with Crippen molar-refractivity contribution in [3.05, 3.63) is 24.3 Å². The summed E-state index contributed by atoms with van der Waals surface area (Å²) in [5.41, 5.74) is 8.72. The highest BCUT2D eigenvalue weighted by Crippen LogP contribution is 2.30. The van der Waals surface area contributed by atoms with Crippen LogP contribution in [0.25, 0.3) is 10.9 Å². The van der Waals surface area contributed by atoms with Gasteiger partial charge in [-0.15, -0.1) is 0 Å². The van der Waals surface area contributed by atoms with Gasteiger partial charge in [0.15, 0.2) is 0 Å². The number of hydrogen-bond acceptors (Lipinski definition) is 6. The molecule has 1 aliphatic heterocycles. The molecule has 0 spiro atoms. The number of amides is 1. The Kier molecular flexibility index (Phi) is 3.11. The van der Waals surface area contributed by atoms with Gasteiger partial charge in [0.2, 0.25) is 11.9 Å². The van der Waals surface area contributed by atoms with Crippen LogP contribution in [0.2, 0.25) is 0 Å². The zero-order chi connectivity index (χ0) is 14.1. The normalized spacial score (nSPS) is 18.4. The first-order valence-corrected chi connectivity index (χ1v) is 6.50. The van der Waals surface area contributed by atoms with Gasteiger partial charge in [-0.25, -0.2) is 10.8 Å². The van der Waals surface area contributed by atoms with E-state index >= 15 is 0 Å². The first kappa shape index (κ1) is 12.6. The molecular formula is C13H16N6O. The monoisotopic (exact) mass is 272 g/mol. The van der Waals surface area contributed by atoms with Crippen LogP contribution in [0, 0.1) is 0 Å². The van der Waals surface area contributed by atoms with E-state index in [1.54, 1.807) is 0 Å². The molecule has 2 heterocycles. The summed E-state index contributed by atoms with van der Waals surface area (Å²) in [7, 11) is 0. The summed E-state index contributed by atoms with van der Waals surface area (Å²) in [5.74, 6) is 6.12. The number of aromatic nitrogens is 2. The largest absolute Gasteiger partial charge is 0.368 e. The van der Waals surface area contributed by atoms with Gasteiger partial charge >= 0.3 is 0 Å². The second kappa shape index (κ2) is 4.93. The number of nitrogen functional groups attached to an aromatic ring is 1. The molecule has 7 nitrogen and oxygen atoms in total. The van der Waals surface area contributed by atoms with Crippen LogP contribution < -0.4 is 21.9 Å². The fourth-order valence-corrected chi connectivity index (χ4v) is 2.66. The summed E-state index contributed by atoms with van der Waals surface area (Å²) >= 11 is 0. The van der Waals surface area contributed by atoms with Crippen LogP contribution in [0.15, 0.2) is 24.3 Å². The number of nitrogens with one attached hydrogen (secondary N) is 1. The molecule has 1 amide bonds. The molecule has 0 aliphatic carbocycles. The smallest absolute Gasteiger partial charge is 0.240 e. The zero-order valence-electron chi connectivity index (χ0n) is 10.9. The molecular weight excluding hydrogens is 256 g/mol. The van der Waals surface area contributed by atoms with E-state index in [1.807, 2.05) is 29.2 Å². The van der Waals surface area contributed by atoms with Crippen LogP contribution in [-0.4, -0.2) is 28.5 Å². The number of hydrogen-bond donors (Lipinski definition) is 3. The number of carbonyl (C=O) groups is 1. The van der Waals surface area contributed by atoms with Gasteiger partial charge in [0.25, 0.3) is 0 Å².